The molecule has 7 heteroatoms. The number of allylic oxidation sites excluding steroid dienone is 1. The summed E-state index contributed by atoms with van der Waals surface area (Å²) in [6, 6.07) is 11.3. The van der Waals surface area contributed by atoms with Crippen molar-refractivity contribution in [1.29, 1.82) is 0 Å². The Hall–Kier alpha value is -4.00. The highest BCUT2D eigenvalue weighted by Gasteiger charge is 2.20. The van der Waals surface area contributed by atoms with Gasteiger partial charge in [-0.3, -0.25) is 4.79 Å². The van der Waals surface area contributed by atoms with Crippen molar-refractivity contribution in [3.8, 4) is 22.6 Å². The molecular formula is C24H22N2O5. The zero-order valence-corrected chi connectivity index (χ0v) is 17.7. The van der Waals surface area contributed by atoms with Crippen LogP contribution < -0.4 is 14.8 Å². The number of aromatic nitrogens is 1. The number of fused-ring (bicyclic) bond motifs is 1. The van der Waals surface area contributed by atoms with E-state index in [0.29, 0.717) is 11.6 Å². The normalized spacial score (nSPS) is 11.5. The Morgan fingerprint density at radius 1 is 1.13 bits per heavy atom. The number of methoxy groups -OCH3 is 2. The van der Waals surface area contributed by atoms with Crippen molar-refractivity contribution in [2.45, 2.75) is 13.8 Å². The van der Waals surface area contributed by atoms with Crippen LogP contribution in [0.25, 0.3) is 27.7 Å². The third-order valence-electron chi connectivity index (χ3n) is 5.11. The van der Waals surface area contributed by atoms with Gasteiger partial charge in [0.1, 0.15) is 23.3 Å². The molecular weight excluding hydrogens is 396 g/mol. The lowest BCUT2D eigenvalue weighted by Gasteiger charge is -2.13. The molecule has 0 fully saturated rings. The van der Waals surface area contributed by atoms with Crippen LogP contribution >= 0.6 is 0 Å². The molecule has 0 atom stereocenters. The highest BCUT2D eigenvalue weighted by molar-refractivity contribution is 6.05. The van der Waals surface area contributed by atoms with E-state index in [1.807, 2.05) is 44.2 Å². The Morgan fingerprint density at radius 3 is 2.65 bits per heavy atom. The minimum Gasteiger partial charge on any atom is -0.496 e. The highest BCUT2D eigenvalue weighted by atomic mass is 16.5. The highest BCUT2D eigenvalue weighted by Crippen LogP contribution is 2.42. The summed E-state index contributed by atoms with van der Waals surface area (Å²) in [7, 11) is 3.24. The number of aryl methyl sites for hydroxylation is 1. The van der Waals surface area contributed by atoms with E-state index in [1.54, 1.807) is 26.5 Å². The molecule has 4 rings (SSSR count). The second-order valence-corrected chi connectivity index (χ2v) is 7.01. The average molecular weight is 418 g/mol. The number of hydrogen-bond acceptors (Lipinski definition) is 6. The molecule has 158 valence electrons. The summed E-state index contributed by atoms with van der Waals surface area (Å²) in [6.45, 7) is 3.79. The standard InChI is InChI=1S/C24H22N2O5/c1-14(11-22(27)25-21-9-10-31-26-21)17-12-18-19(16-7-5-6-8-20(16)28-3)13-30-24(18)15(2)23(17)29-4/h5-13H,1-4H3,(H,25,26,27)/b14-11+. The molecule has 0 aliphatic heterocycles. The number of amides is 1. The van der Waals surface area contributed by atoms with Gasteiger partial charge in [-0.25, -0.2) is 0 Å². The molecule has 0 bridgehead atoms. The molecule has 0 unspecified atom stereocenters. The summed E-state index contributed by atoms with van der Waals surface area (Å²) in [5.41, 5.74) is 4.92. The van der Waals surface area contributed by atoms with Crippen molar-refractivity contribution in [3.63, 3.8) is 0 Å². The van der Waals surface area contributed by atoms with Crippen LogP contribution in [0.2, 0.25) is 0 Å². The smallest absolute Gasteiger partial charge is 0.249 e. The molecule has 0 saturated carbocycles. The van der Waals surface area contributed by atoms with Crippen LogP contribution in [-0.4, -0.2) is 25.3 Å². The lowest BCUT2D eigenvalue weighted by molar-refractivity contribution is -0.111. The van der Waals surface area contributed by atoms with E-state index in [1.165, 1.54) is 12.3 Å². The van der Waals surface area contributed by atoms with Crippen molar-refractivity contribution in [2.75, 3.05) is 19.5 Å². The van der Waals surface area contributed by atoms with Gasteiger partial charge in [-0.2, -0.15) is 0 Å². The number of hydrogen-bond donors (Lipinski definition) is 1. The number of carbonyl (C=O) groups is 1. The van der Waals surface area contributed by atoms with E-state index in [4.69, 9.17) is 18.4 Å². The first-order chi connectivity index (χ1) is 15.0. The molecule has 1 N–H and O–H groups in total. The zero-order valence-electron chi connectivity index (χ0n) is 17.7. The Bertz CT molecular complexity index is 1270. The number of furan rings is 1. The maximum Gasteiger partial charge on any atom is 0.249 e. The van der Waals surface area contributed by atoms with Crippen LogP contribution in [0.5, 0.6) is 11.5 Å². The number of anilines is 1. The van der Waals surface area contributed by atoms with E-state index in [2.05, 4.69) is 10.5 Å². The van der Waals surface area contributed by atoms with Crippen molar-refractivity contribution in [3.05, 3.63) is 66.1 Å². The number of rotatable bonds is 6. The van der Waals surface area contributed by atoms with E-state index in [9.17, 15) is 4.79 Å². The van der Waals surface area contributed by atoms with Crippen molar-refractivity contribution in [2.24, 2.45) is 0 Å². The summed E-state index contributed by atoms with van der Waals surface area (Å²) in [5.74, 6) is 1.43. The summed E-state index contributed by atoms with van der Waals surface area (Å²) in [5, 5.41) is 7.26. The minimum atomic E-state index is -0.316. The number of nitrogens with one attached hydrogen (secondary N) is 1. The van der Waals surface area contributed by atoms with E-state index in [-0.39, 0.29) is 5.91 Å². The predicted octanol–water partition coefficient (Wildman–Crippen LogP) is 5.46. The van der Waals surface area contributed by atoms with Gasteiger partial charge in [0.25, 0.3) is 0 Å². The Balaban J connectivity index is 1.83. The second kappa shape index (κ2) is 8.39. The van der Waals surface area contributed by atoms with Crippen molar-refractivity contribution in [1.82, 2.24) is 5.16 Å². The van der Waals surface area contributed by atoms with E-state index < -0.39 is 0 Å². The maximum absolute atomic E-state index is 12.4. The number of benzene rings is 2. The first-order valence-electron chi connectivity index (χ1n) is 9.65. The lowest BCUT2D eigenvalue weighted by atomic mass is 9.96. The molecule has 1 amide bonds. The quantitative estimate of drug-likeness (QED) is 0.419. The number of carbonyl (C=O) groups excluding carboxylic acids is 1. The fraction of sp³-hybridized carbons (Fsp3) is 0.167. The van der Waals surface area contributed by atoms with Gasteiger partial charge >= 0.3 is 0 Å². The molecule has 0 aliphatic carbocycles. The van der Waals surface area contributed by atoms with Gasteiger partial charge in [0, 0.05) is 39.8 Å². The van der Waals surface area contributed by atoms with Crippen LogP contribution in [-0.2, 0) is 4.79 Å². The number of para-hydroxylation sites is 1. The molecule has 7 nitrogen and oxygen atoms in total. The van der Waals surface area contributed by atoms with Crippen LogP contribution in [0.3, 0.4) is 0 Å². The van der Waals surface area contributed by atoms with E-state index >= 15 is 0 Å². The summed E-state index contributed by atoms with van der Waals surface area (Å²) >= 11 is 0. The second-order valence-electron chi connectivity index (χ2n) is 7.01. The van der Waals surface area contributed by atoms with Crippen molar-refractivity contribution < 1.29 is 23.2 Å². The molecule has 2 aromatic heterocycles. The number of ether oxygens (including phenoxy) is 2. The SMILES string of the molecule is COc1ccccc1-c1coc2c(C)c(OC)c(/C(C)=C/C(=O)Nc3ccon3)cc12. The molecule has 0 saturated heterocycles. The summed E-state index contributed by atoms with van der Waals surface area (Å²) in [6.07, 6.45) is 4.61. The molecule has 4 aromatic rings. The lowest BCUT2D eigenvalue weighted by Crippen LogP contribution is -2.09. The topological polar surface area (TPSA) is 86.7 Å². The monoisotopic (exact) mass is 418 g/mol. The van der Waals surface area contributed by atoms with Crippen LogP contribution in [0, 0.1) is 6.92 Å². The van der Waals surface area contributed by atoms with Gasteiger partial charge in [-0.15, -0.1) is 0 Å². The molecule has 0 radical (unpaired) electrons. The molecule has 0 spiro atoms. The fourth-order valence-electron chi connectivity index (χ4n) is 3.66. The van der Waals surface area contributed by atoms with Crippen molar-refractivity contribution >= 4 is 28.3 Å². The van der Waals surface area contributed by atoms with Gasteiger partial charge in [0.05, 0.1) is 20.5 Å². The van der Waals surface area contributed by atoms with E-state index in [0.717, 1.165) is 44.5 Å². The Labute approximate surface area is 179 Å². The third-order valence-corrected chi connectivity index (χ3v) is 5.11. The van der Waals surface area contributed by atoms with Gasteiger partial charge in [0.2, 0.25) is 5.91 Å². The molecule has 2 heterocycles. The maximum atomic E-state index is 12.4. The predicted molar refractivity (Wildman–Crippen MR) is 118 cm³/mol. The van der Waals surface area contributed by atoms with Crippen LogP contribution in [0.15, 0.2) is 63.9 Å². The van der Waals surface area contributed by atoms with Crippen LogP contribution in [0.1, 0.15) is 18.1 Å². The first kappa shape index (κ1) is 20.3. The summed E-state index contributed by atoms with van der Waals surface area (Å²) < 4.78 is 21.9. The largest absolute Gasteiger partial charge is 0.496 e. The van der Waals surface area contributed by atoms with Gasteiger partial charge in [-0.1, -0.05) is 23.4 Å². The third kappa shape index (κ3) is 3.77. The van der Waals surface area contributed by atoms with Gasteiger partial charge < -0.3 is 23.7 Å². The number of nitrogens with zero attached hydrogens (tertiary/aromatic N) is 1. The Kier molecular flexibility index (Phi) is 5.49. The summed E-state index contributed by atoms with van der Waals surface area (Å²) in [4.78, 5) is 12.4. The average Bonchev–Trinajstić information content (AvgIpc) is 3.43. The zero-order chi connectivity index (χ0) is 22.0. The fourth-order valence-corrected chi connectivity index (χ4v) is 3.66. The minimum absolute atomic E-state index is 0.316. The Morgan fingerprint density at radius 2 is 1.94 bits per heavy atom. The molecule has 31 heavy (non-hydrogen) atoms. The molecule has 0 aliphatic rings. The first-order valence-corrected chi connectivity index (χ1v) is 9.65. The van der Waals surface area contributed by atoms with Gasteiger partial charge in [-0.05, 0) is 31.6 Å². The van der Waals surface area contributed by atoms with Crippen LogP contribution in [0.4, 0.5) is 5.82 Å². The van der Waals surface area contributed by atoms with Gasteiger partial charge in [0.15, 0.2) is 5.82 Å². The molecule has 2 aromatic carbocycles.